The van der Waals surface area contributed by atoms with Crippen LogP contribution in [0.15, 0.2) is 24.5 Å². The summed E-state index contributed by atoms with van der Waals surface area (Å²) in [5, 5.41) is 0. The first-order chi connectivity index (χ1) is 8.29. The van der Waals surface area contributed by atoms with Gasteiger partial charge in [0.05, 0.1) is 0 Å². The number of rotatable bonds is 7. The van der Waals surface area contributed by atoms with Crippen LogP contribution in [0.5, 0.6) is 0 Å². The second-order valence-electron chi connectivity index (χ2n) is 3.45. The minimum absolute atomic E-state index is 0.283. The zero-order valence-corrected chi connectivity index (χ0v) is 9.53. The van der Waals surface area contributed by atoms with E-state index in [1.54, 1.807) is 6.08 Å². The molecule has 0 aliphatic rings. The third-order valence-corrected chi connectivity index (χ3v) is 1.93. The van der Waals surface area contributed by atoms with Gasteiger partial charge in [-0.2, -0.15) is 22.0 Å². The highest BCUT2D eigenvalue weighted by molar-refractivity contribution is 5.70. The molecule has 0 spiro atoms. The van der Waals surface area contributed by atoms with Gasteiger partial charge in [0.15, 0.2) is 0 Å². The fraction of sp³-hybridized carbons (Fsp3) is 0.545. The van der Waals surface area contributed by atoms with Crippen LogP contribution in [0.3, 0.4) is 0 Å². The normalized spacial score (nSPS) is 10.9. The minimum atomic E-state index is -5.36. The molecule has 0 rings (SSSR count). The Morgan fingerprint density at radius 1 is 1.17 bits per heavy atom. The molecule has 7 heteroatoms. The highest BCUT2D eigenvalue weighted by Gasteiger charge is 2.41. The topological polar surface area (TPSA) is 26.3 Å². The molecular weight excluding hydrogens is 259 g/mol. The number of carbonyl (C=O) groups excluding carboxylic acids is 1. The van der Waals surface area contributed by atoms with E-state index < -0.39 is 24.0 Å². The lowest BCUT2D eigenvalue weighted by molar-refractivity contribution is -0.163. The van der Waals surface area contributed by atoms with E-state index in [2.05, 4.69) is 11.3 Å². The third kappa shape index (κ3) is 7.03. The average molecular weight is 272 g/mol. The van der Waals surface area contributed by atoms with Crippen LogP contribution < -0.4 is 0 Å². The highest BCUT2D eigenvalue weighted by Crippen LogP contribution is 2.30. The summed E-state index contributed by atoms with van der Waals surface area (Å²) in [7, 11) is 0. The summed E-state index contributed by atoms with van der Waals surface area (Å²) in [4.78, 5) is 10.9. The maximum atomic E-state index is 12.0. The van der Waals surface area contributed by atoms with Gasteiger partial charge in [-0.05, 0) is 19.3 Å². The van der Waals surface area contributed by atoms with Crippen LogP contribution in [-0.4, -0.2) is 12.1 Å². The summed E-state index contributed by atoms with van der Waals surface area (Å²) in [5.41, 5.74) is 0. The quantitative estimate of drug-likeness (QED) is 0.226. The van der Waals surface area contributed by atoms with Crippen LogP contribution in [-0.2, 0) is 9.53 Å². The molecule has 0 N–H and O–H groups in total. The number of halogens is 5. The van der Waals surface area contributed by atoms with Crippen molar-refractivity contribution in [3.63, 3.8) is 0 Å². The van der Waals surface area contributed by atoms with E-state index in [0.717, 1.165) is 12.8 Å². The highest BCUT2D eigenvalue weighted by atomic mass is 19.4. The van der Waals surface area contributed by atoms with Gasteiger partial charge in [0.25, 0.3) is 5.76 Å². The molecule has 0 bridgehead atoms. The first kappa shape index (κ1) is 16.6. The fourth-order valence-corrected chi connectivity index (χ4v) is 1.10. The summed E-state index contributed by atoms with van der Waals surface area (Å²) in [5.74, 6) is -3.84. The summed E-state index contributed by atoms with van der Waals surface area (Å²) < 4.78 is 63.4. The summed E-state index contributed by atoms with van der Waals surface area (Å²) in [6, 6.07) is 0. The predicted octanol–water partition coefficient (Wildman–Crippen LogP) is 4.34. The molecule has 0 aromatic carbocycles. The van der Waals surface area contributed by atoms with Crippen LogP contribution in [0, 0.1) is 0 Å². The standard InChI is InChI=1S/C11H13F5O2/c1-2-3-4-5-6-7-8(17)18-9(10(12)13)11(14,15)16/h2H,1,3-7H2. The molecule has 0 aromatic rings. The Hall–Kier alpha value is -1.40. The van der Waals surface area contributed by atoms with Crippen molar-refractivity contribution >= 4 is 5.97 Å². The van der Waals surface area contributed by atoms with Gasteiger partial charge in [-0.15, -0.1) is 6.58 Å². The Balaban J connectivity index is 4.14. The molecule has 0 aromatic heterocycles. The lowest BCUT2D eigenvalue weighted by Crippen LogP contribution is -2.19. The zero-order valence-electron chi connectivity index (χ0n) is 9.53. The number of carbonyl (C=O) groups is 1. The SMILES string of the molecule is C=CCCCCCC(=O)OC(=C(F)F)C(F)(F)F. The van der Waals surface area contributed by atoms with Gasteiger partial charge in [-0.1, -0.05) is 12.5 Å². The number of esters is 1. The maximum absolute atomic E-state index is 12.0. The lowest BCUT2D eigenvalue weighted by Gasteiger charge is -2.10. The van der Waals surface area contributed by atoms with Crippen molar-refractivity contribution in [2.75, 3.05) is 0 Å². The first-order valence-corrected chi connectivity index (χ1v) is 5.23. The number of allylic oxidation sites excluding steroid dienone is 2. The van der Waals surface area contributed by atoms with Crippen molar-refractivity contribution < 1.29 is 31.5 Å². The van der Waals surface area contributed by atoms with Crippen molar-refractivity contribution in [3.05, 3.63) is 24.5 Å². The van der Waals surface area contributed by atoms with Gasteiger partial charge >= 0.3 is 18.2 Å². The number of alkyl halides is 3. The number of ether oxygens (including phenoxy) is 1. The van der Waals surface area contributed by atoms with Crippen LogP contribution in [0.25, 0.3) is 0 Å². The molecular formula is C11H13F5O2. The Morgan fingerprint density at radius 3 is 2.22 bits per heavy atom. The number of unbranched alkanes of at least 4 members (excludes halogenated alkanes) is 3. The summed E-state index contributed by atoms with van der Waals surface area (Å²) in [6.45, 7) is 3.47. The molecule has 0 heterocycles. The minimum Gasteiger partial charge on any atom is -0.415 e. The second kappa shape index (κ2) is 7.84. The molecule has 0 aliphatic carbocycles. The van der Waals surface area contributed by atoms with Crippen molar-refractivity contribution in [2.45, 2.75) is 38.3 Å². The molecule has 2 nitrogen and oxygen atoms in total. The number of hydrogen-bond acceptors (Lipinski definition) is 2. The largest absolute Gasteiger partial charge is 0.455 e. The van der Waals surface area contributed by atoms with E-state index in [9.17, 15) is 26.7 Å². The average Bonchev–Trinajstić information content (AvgIpc) is 2.23. The lowest BCUT2D eigenvalue weighted by atomic mass is 10.1. The van der Waals surface area contributed by atoms with Crippen LogP contribution in [0.4, 0.5) is 22.0 Å². The van der Waals surface area contributed by atoms with Crippen molar-refractivity contribution in [3.8, 4) is 0 Å². The molecule has 104 valence electrons. The van der Waals surface area contributed by atoms with Gasteiger partial charge < -0.3 is 4.74 Å². The van der Waals surface area contributed by atoms with E-state index >= 15 is 0 Å². The Labute approximate surface area is 101 Å². The van der Waals surface area contributed by atoms with E-state index in [-0.39, 0.29) is 12.8 Å². The Bertz CT molecular complexity index is 316. The molecule has 0 unspecified atom stereocenters. The molecule has 0 fully saturated rings. The zero-order chi connectivity index (χ0) is 14.2. The van der Waals surface area contributed by atoms with Crippen LogP contribution >= 0.6 is 0 Å². The van der Waals surface area contributed by atoms with Crippen molar-refractivity contribution in [2.24, 2.45) is 0 Å². The molecule has 18 heavy (non-hydrogen) atoms. The van der Waals surface area contributed by atoms with Gasteiger partial charge in [0.2, 0.25) is 0 Å². The van der Waals surface area contributed by atoms with Gasteiger partial charge in [-0.25, -0.2) is 0 Å². The molecule has 0 saturated carbocycles. The van der Waals surface area contributed by atoms with Crippen molar-refractivity contribution in [1.82, 2.24) is 0 Å². The van der Waals surface area contributed by atoms with E-state index in [4.69, 9.17) is 0 Å². The molecule has 0 atom stereocenters. The fourth-order valence-electron chi connectivity index (χ4n) is 1.10. The van der Waals surface area contributed by atoms with Crippen LogP contribution in [0.1, 0.15) is 32.1 Å². The maximum Gasteiger partial charge on any atom is 0.455 e. The summed E-state index contributed by atoms with van der Waals surface area (Å²) >= 11 is 0. The van der Waals surface area contributed by atoms with E-state index in [1.807, 2.05) is 0 Å². The van der Waals surface area contributed by atoms with Gasteiger partial charge in [0.1, 0.15) is 0 Å². The van der Waals surface area contributed by atoms with E-state index in [1.165, 1.54) is 0 Å². The smallest absolute Gasteiger partial charge is 0.415 e. The third-order valence-electron chi connectivity index (χ3n) is 1.93. The number of hydrogen-bond donors (Lipinski definition) is 0. The van der Waals surface area contributed by atoms with E-state index in [0.29, 0.717) is 6.42 Å². The molecule has 0 aliphatic heterocycles. The predicted molar refractivity (Wildman–Crippen MR) is 54.7 cm³/mol. The molecule has 0 radical (unpaired) electrons. The monoisotopic (exact) mass is 272 g/mol. The molecule has 0 amide bonds. The van der Waals surface area contributed by atoms with Gasteiger partial charge in [0, 0.05) is 6.42 Å². The summed E-state index contributed by atoms with van der Waals surface area (Å²) in [6.07, 6.45) is -4.75. The first-order valence-electron chi connectivity index (χ1n) is 5.23. The van der Waals surface area contributed by atoms with Crippen LogP contribution in [0.2, 0.25) is 0 Å². The Kier molecular flexibility index (Phi) is 7.23. The van der Waals surface area contributed by atoms with Gasteiger partial charge in [-0.3, -0.25) is 4.79 Å². The Morgan fingerprint density at radius 2 is 1.78 bits per heavy atom. The second-order valence-corrected chi connectivity index (χ2v) is 3.45. The molecule has 0 saturated heterocycles. The van der Waals surface area contributed by atoms with Crippen molar-refractivity contribution in [1.29, 1.82) is 0 Å².